The first-order valence-corrected chi connectivity index (χ1v) is 5.49. The SMILES string of the molecule is CCCC1OOC(C)(c2ccccc2)OO1. The molecular formula is C12H16O4. The van der Waals surface area contributed by atoms with Crippen LogP contribution in [0.4, 0.5) is 0 Å². The molecule has 88 valence electrons. The summed E-state index contributed by atoms with van der Waals surface area (Å²) in [5.41, 5.74) is 0.852. The summed E-state index contributed by atoms with van der Waals surface area (Å²) in [5, 5.41) is 0. The Bertz CT molecular complexity index is 317. The average Bonchev–Trinajstić information content (AvgIpc) is 2.34. The van der Waals surface area contributed by atoms with Crippen molar-refractivity contribution in [2.75, 3.05) is 0 Å². The Morgan fingerprint density at radius 3 is 2.31 bits per heavy atom. The van der Waals surface area contributed by atoms with Gasteiger partial charge in [-0.1, -0.05) is 43.7 Å². The van der Waals surface area contributed by atoms with Gasteiger partial charge in [-0.15, -0.1) is 0 Å². The predicted molar refractivity (Wildman–Crippen MR) is 56.8 cm³/mol. The van der Waals surface area contributed by atoms with E-state index in [1.165, 1.54) is 0 Å². The Balaban J connectivity index is 2.01. The lowest BCUT2D eigenvalue weighted by Gasteiger charge is -2.34. The van der Waals surface area contributed by atoms with Crippen molar-refractivity contribution in [3.63, 3.8) is 0 Å². The molecule has 0 aromatic heterocycles. The van der Waals surface area contributed by atoms with Crippen molar-refractivity contribution in [2.45, 2.75) is 38.8 Å². The van der Waals surface area contributed by atoms with Crippen LogP contribution in [0.5, 0.6) is 0 Å². The summed E-state index contributed by atoms with van der Waals surface area (Å²) in [6, 6.07) is 9.54. The Kier molecular flexibility index (Phi) is 3.56. The van der Waals surface area contributed by atoms with Gasteiger partial charge >= 0.3 is 0 Å². The van der Waals surface area contributed by atoms with Gasteiger partial charge in [-0.25, -0.2) is 0 Å². The molecule has 0 spiro atoms. The van der Waals surface area contributed by atoms with Crippen LogP contribution in [0.25, 0.3) is 0 Å². The van der Waals surface area contributed by atoms with Crippen molar-refractivity contribution in [3.05, 3.63) is 35.9 Å². The van der Waals surface area contributed by atoms with Crippen molar-refractivity contribution in [1.29, 1.82) is 0 Å². The maximum absolute atomic E-state index is 5.27. The highest BCUT2D eigenvalue weighted by atomic mass is 17.4. The van der Waals surface area contributed by atoms with Crippen molar-refractivity contribution in [1.82, 2.24) is 0 Å². The molecule has 4 heteroatoms. The topological polar surface area (TPSA) is 36.9 Å². The highest BCUT2D eigenvalue weighted by molar-refractivity contribution is 5.19. The Hall–Kier alpha value is -0.940. The molecule has 0 unspecified atom stereocenters. The van der Waals surface area contributed by atoms with Crippen LogP contribution in [0, 0.1) is 0 Å². The van der Waals surface area contributed by atoms with Gasteiger partial charge in [-0.05, 0) is 6.92 Å². The van der Waals surface area contributed by atoms with Crippen LogP contribution in [0.2, 0.25) is 0 Å². The molecule has 0 amide bonds. The third kappa shape index (κ3) is 2.41. The Morgan fingerprint density at radius 1 is 1.12 bits per heavy atom. The van der Waals surface area contributed by atoms with Gasteiger partial charge in [-0.2, -0.15) is 19.6 Å². The molecule has 0 saturated carbocycles. The molecule has 1 aromatic rings. The molecule has 1 aliphatic rings. The third-order valence-corrected chi connectivity index (χ3v) is 2.45. The number of hydrogen-bond donors (Lipinski definition) is 0. The molecule has 1 aliphatic heterocycles. The smallest absolute Gasteiger partial charge is 0.198 e. The van der Waals surface area contributed by atoms with Crippen LogP contribution in [0.15, 0.2) is 30.3 Å². The van der Waals surface area contributed by atoms with Crippen LogP contribution >= 0.6 is 0 Å². The zero-order valence-corrected chi connectivity index (χ0v) is 9.51. The molecule has 1 aromatic carbocycles. The lowest BCUT2D eigenvalue weighted by atomic mass is 10.1. The summed E-state index contributed by atoms with van der Waals surface area (Å²) in [6.07, 6.45) is 1.24. The molecule has 1 saturated heterocycles. The molecular weight excluding hydrogens is 208 g/mol. The van der Waals surface area contributed by atoms with Crippen molar-refractivity contribution in [3.8, 4) is 0 Å². The predicted octanol–water partition coefficient (Wildman–Crippen LogP) is 2.90. The van der Waals surface area contributed by atoms with Crippen LogP contribution < -0.4 is 0 Å². The zero-order chi connectivity index (χ0) is 11.4. The van der Waals surface area contributed by atoms with E-state index in [1.807, 2.05) is 37.3 Å². The van der Waals surface area contributed by atoms with Gasteiger partial charge in [0.15, 0.2) is 0 Å². The van der Waals surface area contributed by atoms with E-state index < -0.39 is 12.1 Å². The number of hydrogen-bond acceptors (Lipinski definition) is 4. The van der Waals surface area contributed by atoms with Crippen LogP contribution in [0.3, 0.4) is 0 Å². The van der Waals surface area contributed by atoms with Crippen molar-refractivity contribution in [2.24, 2.45) is 0 Å². The van der Waals surface area contributed by atoms with E-state index in [0.717, 1.165) is 18.4 Å². The lowest BCUT2D eigenvalue weighted by Crippen LogP contribution is -2.39. The van der Waals surface area contributed by atoms with Crippen LogP contribution in [0.1, 0.15) is 32.3 Å². The summed E-state index contributed by atoms with van der Waals surface area (Å²) < 4.78 is 0. The first-order valence-electron chi connectivity index (χ1n) is 5.49. The maximum Gasteiger partial charge on any atom is 0.256 e. The van der Waals surface area contributed by atoms with Gasteiger partial charge in [0, 0.05) is 12.0 Å². The van der Waals surface area contributed by atoms with E-state index in [2.05, 4.69) is 0 Å². The average molecular weight is 224 g/mol. The first-order chi connectivity index (χ1) is 7.74. The molecule has 0 radical (unpaired) electrons. The summed E-state index contributed by atoms with van der Waals surface area (Å²) in [7, 11) is 0. The lowest BCUT2D eigenvalue weighted by molar-refractivity contribution is -0.629. The Labute approximate surface area is 94.9 Å². The summed E-state index contributed by atoms with van der Waals surface area (Å²) in [5.74, 6) is -0.995. The molecule has 0 bridgehead atoms. The summed E-state index contributed by atoms with van der Waals surface area (Å²) in [6.45, 7) is 3.79. The largest absolute Gasteiger partial charge is 0.256 e. The molecule has 0 aliphatic carbocycles. The van der Waals surface area contributed by atoms with Crippen molar-refractivity contribution < 1.29 is 19.6 Å². The molecule has 0 N–H and O–H groups in total. The molecule has 16 heavy (non-hydrogen) atoms. The number of rotatable bonds is 3. The fraction of sp³-hybridized carbons (Fsp3) is 0.500. The zero-order valence-electron chi connectivity index (χ0n) is 9.51. The Morgan fingerprint density at radius 2 is 1.75 bits per heavy atom. The van der Waals surface area contributed by atoms with Gasteiger partial charge < -0.3 is 0 Å². The van der Waals surface area contributed by atoms with E-state index in [0.29, 0.717) is 0 Å². The molecule has 4 nitrogen and oxygen atoms in total. The minimum absolute atomic E-state index is 0.443. The van der Waals surface area contributed by atoms with Gasteiger partial charge in [0.05, 0.1) is 0 Å². The van der Waals surface area contributed by atoms with E-state index in [4.69, 9.17) is 19.6 Å². The maximum atomic E-state index is 5.27. The fourth-order valence-corrected chi connectivity index (χ4v) is 1.49. The standard InChI is InChI=1S/C12H16O4/c1-3-7-11-13-15-12(2,16-14-11)10-8-5-4-6-9-10/h4-6,8-9,11H,3,7H2,1-2H3. The second-order valence-electron chi connectivity index (χ2n) is 3.89. The second kappa shape index (κ2) is 4.93. The molecule has 1 heterocycles. The van der Waals surface area contributed by atoms with E-state index >= 15 is 0 Å². The van der Waals surface area contributed by atoms with E-state index in [1.54, 1.807) is 6.92 Å². The van der Waals surface area contributed by atoms with Gasteiger partial charge in [0.1, 0.15) is 0 Å². The minimum Gasteiger partial charge on any atom is -0.198 e. The van der Waals surface area contributed by atoms with Crippen LogP contribution in [-0.4, -0.2) is 6.29 Å². The van der Waals surface area contributed by atoms with Gasteiger partial charge in [-0.3, -0.25) is 0 Å². The quantitative estimate of drug-likeness (QED) is 0.740. The fourth-order valence-electron chi connectivity index (χ4n) is 1.49. The summed E-state index contributed by atoms with van der Waals surface area (Å²) in [4.78, 5) is 20.8. The van der Waals surface area contributed by atoms with Crippen molar-refractivity contribution >= 4 is 0 Å². The third-order valence-electron chi connectivity index (χ3n) is 2.45. The molecule has 1 fully saturated rings. The molecule has 2 rings (SSSR count). The molecule has 0 atom stereocenters. The highest BCUT2D eigenvalue weighted by Gasteiger charge is 2.38. The minimum atomic E-state index is -0.995. The monoisotopic (exact) mass is 224 g/mol. The second-order valence-corrected chi connectivity index (χ2v) is 3.89. The van der Waals surface area contributed by atoms with Gasteiger partial charge in [0.2, 0.25) is 6.29 Å². The highest BCUT2D eigenvalue weighted by Crippen LogP contribution is 2.32. The normalized spacial score (nSPS) is 30.2. The van der Waals surface area contributed by atoms with E-state index in [9.17, 15) is 0 Å². The van der Waals surface area contributed by atoms with E-state index in [-0.39, 0.29) is 0 Å². The number of benzene rings is 1. The first kappa shape index (κ1) is 11.5. The van der Waals surface area contributed by atoms with Gasteiger partial charge in [0.25, 0.3) is 5.79 Å². The summed E-state index contributed by atoms with van der Waals surface area (Å²) >= 11 is 0. The van der Waals surface area contributed by atoms with Crippen LogP contribution in [-0.2, 0) is 25.3 Å².